The van der Waals surface area contributed by atoms with Crippen LogP contribution in [-0.4, -0.2) is 77.7 Å². The molecule has 0 aromatic carbocycles. The Bertz CT molecular complexity index is 552. The van der Waals surface area contributed by atoms with Gasteiger partial charge in [0.05, 0.1) is 0 Å². The summed E-state index contributed by atoms with van der Waals surface area (Å²) in [5.74, 6) is 1.16. The average molecular weight is 307 g/mol. The van der Waals surface area contributed by atoms with Crippen molar-refractivity contribution >= 4 is 23.5 Å². The molecule has 1 amide bonds. The lowest BCUT2D eigenvalue weighted by Gasteiger charge is -2.45. The lowest BCUT2D eigenvalue weighted by molar-refractivity contribution is -0.140. The van der Waals surface area contributed by atoms with E-state index in [0.29, 0.717) is 6.54 Å². The van der Waals surface area contributed by atoms with E-state index in [9.17, 15) is 4.79 Å². The number of hydrogen-bond acceptors (Lipinski definition) is 6. The molecule has 0 radical (unpaired) electrons. The van der Waals surface area contributed by atoms with E-state index in [2.05, 4.69) is 19.8 Å². The smallest absolute Gasteiger partial charge is 0.241 e. The molecule has 2 aliphatic heterocycles. The zero-order valence-corrected chi connectivity index (χ0v) is 13.6. The highest BCUT2D eigenvalue weighted by Crippen LogP contribution is 2.22. The highest BCUT2D eigenvalue weighted by molar-refractivity contribution is 7.98. The van der Waals surface area contributed by atoms with Crippen molar-refractivity contribution in [1.29, 1.82) is 0 Å². The number of rotatable bonds is 2. The molecule has 0 saturated carbocycles. The first-order valence-corrected chi connectivity index (χ1v) is 8.44. The van der Waals surface area contributed by atoms with Crippen LogP contribution < -0.4 is 4.90 Å². The van der Waals surface area contributed by atoms with Crippen LogP contribution in [0.25, 0.3) is 0 Å². The summed E-state index contributed by atoms with van der Waals surface area (Å²) in [5.41, 5.74) is 0.971. The zero-order chi connectivity index (χ0) is 15.0. The molecule has 0 N–H and O–H groups in total. The Hall–Kier alpha value is -1.34. The van der Waals surface area contributed by atoms with E-state index in [1.165, 1.54) is 0 Å². The Morgan fingerprint density at radius 2 is 2.00 bits per heavy atom. The maximum Gasteiger partial charge on any atom is 0.241 e. The van der Waals surface area contributed by atoms with Crippen LogP contribution in [0.5, 0.6) is 0 Å². The number of carbonyl (C=O) groups is 1. The summed E-state index contributed by atoms with van der Waals surface area (Å²) in [4.78, 5) is 27.7. The number of likely N-dealkylation sites (N-methyl/N-ethyl adjacent to an activating group) is 1. The number of thioether (sulfide) groups is 1. The molecule has 6 nitrogen and oxygen atoms in total. The summed E-state index contributed by atoms with van der Waals surface area (Å²) in [6.45, 7) is 6.34. The van der Waals surface area contributed by atoms with E-state index >= 15 is 0 Å². The Morgan fingerprint density at radius 3 is 2.76 bits per heavy atom. The number of amides is 1. The first-order valence-electron chi connectivity index (χ1n) is 7.22. The highest BCUT2D eigenvalue weighted by Gasteiger charge is 2.37. The fourth-order valence-corrected chi connectivity index (χ4v) is 3.37. The minimum absolute atomic E-state index is 0.0366. The van der Waals surface area contributed by atoms with E-state index in [1.54, 1.807) is 11.8 Å². The van der Waals surface area contributed by atoms with Gasteiger partial charge in [-0.25, -0.2) is 9.97 Å². The zero-order valence-electron chi connectivity index (χ0n) is 12.7. The minimum Gasteiger partial charge on any atom is -0.353 e. The van der Waals surface area contributed by atoms with E-state index in [4.69, 9.17) is 0 Å². The van der Waals surface area contributed by atoms with Crippen molar-refractivity contribution in [2.24, 2.45) is 0 Å². The molecule has 1 aromatic heterocycles. The predicted octanol–water partition coefficient (Wildman–Crippen LogP) is 0.470. The summed E-state index contributed by atoms with van der Waals surface area (Å²) >= 11 is 1.55. The average Bonchev–Trinajstić information content (AvgIpc) is 2.50. The van der Waals surface area contributed by atoms with Crippen LogP contribution in [0.1, 0.15) is 5.69 Å². The topological polar surface area (TPSA) is 52.6 Å². The quantitative estimate of drug-likeness (QED) is 0.585. The molecule has 3 heterocycles. The largest absolute Gasteiger partial charge is 0.353 e. The van der Waals surface area contributed by atoms with Crippen LogP contribution in [-0.2, 0) is 4.79 Å². The van der Waals surface area contributed by atoms with Crippen molar-refractivity contribution in [2.75, 3.05) is 50.9 Å². The highest BCUT2D eigenvalue weighted by atomic mass is 32.2. The summed E-state index contributed by atoms with van der Waals surface area (Å²) in [6, 6.07) is 1.97. The molecule has 0 bridgehead atoms. The van der Waals surface area contributed by atoms with Gasteiger partial charge in [-0.3, -0.25) is 9.69 Å². The number of hydrogen-bond donors (Lipinski definition) is 0. The van der Waals surface area contributed by atoms with Crippen molar-refractivity contribution in [3.8, 4) is 0 Å². The normalized spacial score (nSPS) is 23.4. The molecule has 3 rings (SSSR count). The van der Waals surface area contributed by atoms with Crippen molar-refractivity contribution in [3.63, 3.8) is 0 Å². The molecule has 114 valence electrons. The number of aromatic nitrogens is 2. The summed E-state index contributed by atoms with van der Waals surface area (Å²) in [7, 11) is 1.89. The van der Waals surface area contributed by atoms with Gasteiger partial charge in [-0.05, 0) is 13.2 Å². The third kappa shape index (κ3) is 2.85. The van der Waals surface area contributed by atoms with Gasteiger partial charge in [-0.15, -0.1) is 0 Å². The summed E-state index contributed by atoms with van der Waals surface area (Å²) in [5, 5.41) is 0.791. The molecule has 21 heavy (non-hydrogen) atoms. The number of aryl methyl sites for hydroxylation is 1. The van der Waals surface area contributed by atoms with Crippen molar-refractivity contribution in [2.45, 2.75) is 18.1 Å². The lowest BCUT2D eigenvalue weighted by atomic mass is 10.1. The van der Waals surface area contributed by atoms with Gasteiger partial charge in [0.25, 0.3) is 0 Å². The van der Waals surface area contributed by atoms with Crippen LogP contribution in [0.15, 0.2) is 11.2 Å². The monoisotopic (exact) mass is 307 g/mol. The molecule has 1 aromatic rings. The SMILES string of the molecule is CSc1nc(C)cc(N2CCN3CCN(C)C(=O)[C@@H]3C2)n1. The van der Waals surface area contributed by atoms with E-state index in [-0.39, 0.29) is 11.9 Å². The van der Waals surface area contributed by atoms with Crippen LogP contribution in [0, 0.1) is 6.92 Å². The van der Waals surface area contributed by atoms with E-state index in [1.807, 2.05) is 31.2 Å². The molecular weight excluding hydrogens is 286 g/mol. The maximum atomic E-state index is 12.3. The van der Waals surface area contributed by atoms with Gasteiger partial charge in [-0.2, -0.15) is 0 Å². The second-order valence-electron chi connectivity index (χ2n) is 5.61. The van der Waals surface area contributed by atoms with Gasteiger partial charge < -0.3 is 9.80 Å². The standard InChI is InChI=1S/C14H21N5OS/c1-10-8-12(16-14(15-10)21-3)19-7-6-18-5-4-17(2)13(20)11(18)9-19/h8,11H,4-7,9H2,1-3H3/t11-/m0/s1. The molecule has 0 spiro atoms. The first kappa shape index (κ1) is 14.6. The molecule has 2 aliphatic rings. The maximum absolute atomic E-state index is 12.3. The molecule has 1 atom stereocenters. The Morgan fingerprint density at radius 1 is 1.24 bits per heavy atom. The first-order chi connectivity index (χ1) is 10.1. The number of fused-ring (bicyclic) bond motifs is 1. The number of anilines is 1. The summed E-state index contributed by atoms with van der Waals surface area (Å²) in [6.07, 6.45) is 1.98. The number of carbonyl (C=O) groups excluding carboxylic acids is 1. The van der Waals surface area contributed by atoms with Crippen LogP contribution in [0.4, 0.5) is 5.82 Å². The van der Waals surface area contributed by atoms with Crippen LogP contribution >= 0.6 is 11.8 Å². The number of piperazine rings is 2. The van der Waals surface area contributed by atoms with Gasteiger partial charge in [0.2, 0.25) is 5.91 Å². The van der Waals surface area contributed by atoms with E-state index in [0.717, 1.165) is 42.8 Å². The number of nitrogens with zero attached hydrogens (tertiary/aromatic N) is 5. The molecule has 2 fully saturated rings. The fourth-order valence-electron chi connectivity index (χ4n) is 2.95. The third-order valence-electron chi connectivity index (χ3n) is 4.20. The van der Waals surface area contributed by atoms with Crippen molar-refractivity contribution in [1.82, 2.24) is 19.8 Å². The minimum atomic E-state index is -0.0366. The van der Waals surface area contributed by atoms with Gasteiger partial charge in [0, 0.05) is 51.5 Å². The molecule has 7 heteroatoms. The molecule has 2 saturated heterocycles. The Balaban J connectivity index is 1.81. The molecule has 0 aliphatic carbocycles. The molecular formula is C14H21N5OS. The Kier molecular flexibility index (Phi) is 4.03. The molecule has 0 unspecified atom stereocenters. The predicted molar refractivity (Wildman–Crippen MR) is 83.8 cm³/mol. The van der Waals surface area contributed by atoms with Crippen LogP contribution in [0.2, 0.25) is 0 Å². The van der Waals surface area contributed by atoms with Crippen molar-refractivity contribution in [3.05, 3.63) is 11.8 Å². The van der Waals surface area contributed by atoms with Gasteiger partial charge >= 0.3 is 0 Å². The Labute approximate surface area is 129 Å². The van der Waals surface area contributed by atoms with Gasteiger partial charge in [0.15, 0.2) is 5.16 Å². The van der Waals surface area contributed by atoms with Gasteiger partial charge in [-0.1, -0.05) is 11.8 Å². The second-order valence-corrected chi connectivity index (χ2v) is 6.39. The van der Waals surface area contributed by atoms with Crippen LogP contribution in [0.3, 0.4) is 0 Å². The summed E-state index contributed by atoms with van der Waals surface area (Å²) < 4.78 is 0. The lowest BCUT2D eigenvalue weighted by Crippen LogP contribution is -2.64. The van der Waals surface area contributed by atoms with E-state index < -0.39 is 0 Å². The fraction of sp³-hybridized carbons (Fsp3) is 0.643. The third-order valence-corrected chi connectivity index (χ3v) is 4.75. The van der Waals surface area contributed by atoms with Gasteiger partial charge in [0.1, 0.15) is 11.9 Å². The second kappa shape index (κ2) is 5.81. The van der Waals surface area contributed by atoms with Crippen molar-refractivity contribution < 1.29 is 4.79 Å².